The number of carboxylic acid groups (broad SMARTS) is 2. The van der Waals surface area contributed by atoms with Crippen LogP contribution >= 0.6 is 41.4 Å². The second-order valence-corrected chi connectivity index (χ2v) is 20.0. The second-order valence-electron chi connectivity index (χ2n) is 9.85. The molecule has 0 amide bonds. The SMILES string of the molecule is CC(C)CCCCCSCC(=O)O.CC(C)CCCCCSCC(=O)O.CCC[CH2][Sn][Cl].CCC[CH2][Sn][Cl]. The zero-order valence-electron chi connectivity index (χ0n) is 25.2. The van der Waals surface area contributed by atoms with Gasteiger partial charge in [-0.05, 0) is 36.2 Å². The molecule has 0 fully saturated rings. The summed E-state index contributed by atoms with van der Waals surface area (Å²) in [6.07, 6.45) is 15.3. The van der Waals surface area contributed by atoms with Gasteiger partial charge in [-0.1, -0.05) is 66.2 Å². The van der Waals surface area contributed by atoms with E-state index in [-0.39, 0.29) is 51.5 Å². The third-order valence-electron chi connectivity index (χ3n) is 4.84. The van der Waals surface area contributed by atoms with E-state index < -0.39 is 11.9 Å². The van der Waals surface area contributed by atoms with E-state index in [4.69, 9.17) is 28.1 Å². The molecule has 0 unspecified atom stereocenters. The van der Waals surface area contributed by atoms with E-state index in [9.17, 15) is 9.59 Å². The zero-order chi connectivity index (χ0) is 29.9. The van der Waals surface area contributed by atoms with Gasteiger partial charge in [0.1, 0.15) is 0 Å². The molecule has 4 nitrogen and oxygen atoms in total. The van der Waals surface area contributed by atoms with Gasteiger partial charge in [-0.25, -0.2) is 0 Å². The molecule has 0 rings (SSSR count). The fourth-order valence-corrected chi connectivity index (χ4v) is 8.70. The topological polar surface area (TPSA) is 74.6 Å². The van der Waals surface area contributed by atoms with Gasteiger partial charge in [0.25, 0.3) is 0 Å². The minimum absolute atomic E-state index is 0.254. The molecule has 0 heterocycles. The number of hydrogen-bond donors (Lipinski definition) is 2. The molecule has 0 aliphatic heterocycles. The van der Waals surface area contributed by atoms with Gasteiger partial charge in [-0.3, -0.25) is 9.59 Å². The van der Waals surface area contributed by atoms with E-state index in [1.165, 1.54) is 96.6 Å². The molecule has 0 aliphatic rings. The van der Waals surface area contributed by atoms with E-state index in [0.29, 0.717) is 0 Å². The number of carbonyl (C=O) groups is 2. The van der Waals surface area contributed by atoms with Crippen LogP contribution in [0.5, 0.6) is 0 Å². The molecule has 228 valence electrons. The quantitative estimate of drug-likeness (QED) is 0.0837. The molecule has 0 aromatic rings. The summed E-state index contributed by atoms with van der Waals surface area (Å²) < 4.78 is 2.70. The number of halogens is 2. The van der Waals surface area contributed by atoms with E-state index in [2.05, 4.69) is 41.5 Å². The average Bonchev–Trinajstić information content (AvgIpc) is 2.85. The van der Waals surface area contributed by atoms with Crippen molar-refractivity contribution in [3.63, 3.8) is 0 Å². The van der Waals surface area contributed by atoms with Crippen LogP contribution in [0.4, 0.5) is 0 Å². The Bertz CT molecular complexity index is 417. The molecule has 0 saturated carbocycles. The number of thioether (sulfide) groups is 2. The molecule has 0 spiro atoms. The van der Waals surface area contributed by atoms with Gasteiger partial charge in [-0.2, -0.15) is 23.5 Å². The van der Waals surface area contributed by atoms with Gasteiger partial charge >= 0.3 is 118 Å². The van der Waals surface area contributed by atoms with Crippen molar-refractivity contribution in [2.75, 3.05) is 23.0 Å². The summed E-state index contributed by atoms with van der Waals surface area (Å²) in [5.74, 6) is 2.68. The summed E-state index contributed by atoms with van der Waals surface area (Å²) >= 11 is 2.37. The first-order chi connectivity index (χ1) is 18.1. The van der Waals surface area contributed by atoms with Crippen LogP contribution in [0.3, 0.4) is 0 Å². The van der Waals surface area contributed by atoms with Crippen LogP contribution in [0.15, 0.2) is 0 Å². The summed E-state index contributed by atoms with van der Waals surface area (Å²) in [5, 5.41) is 16.7. The van der Waals surface area contributed by atoms with Crippen LogP contribution in [0.2, 0.25) is 8.87 Å². The van der Waals surface area contributed by atoms with Crippen LogP contribution < -0.4 is 0 Å². The van der Waals surface area contributed by atoms with Crippen LogP contribution in [-0.2, 0) is 9.59 Å². The molecule has 0 saturated heterocycles. The van der Waals surface area contributed by atoms with Gasteiger partial charge < -0.3 is 10.2 Å². The molecule has 0 aromatic carbocycles. The van der Waals surface area contributed by atoms with Gasteiger partial charge in [0.05, 0.1) is 11.5 Å². The first-order valence-corrected chi connectivity index (χ1v) is 27.9. The van der Waals surface area contributed by atoms with Crippen molar-refractivity contribution in [3.05, 3.63) is 0 Å². The van der Waals surface area contributed by atoms with Crippen LogP contribution in [-0.4, -0.2) is 85.2 Å². The molecular formula is C28H58Cl2O4S2Sn2. The Hall–Kier alpha value is 1.82. The maximum atomic E-state index is 10.2. The maximum absolute atomic E-state index is 10.2. The zero-order valence-corrected chi connectivity index (χ0v) is 34.0. The standard InChI is InChI=1S/2C10H20O2S.2C4H9.2ClH.2Sn/c2*1-9(2)6-4-3-5-7-13-8-10(11)12;2*1-3-4-2;;;;/h2*9H,3-8H2,1-2H3,(H,11,12);2*1,3-4H2,2H3;2*1H;;/q;;;;;;2*+1/p-2. The predicted octanol–water partition coefficient (Wildman–Crippen LogP) is 10.2. The number of rotatable bonds is 22. The Labute approximate surface area is 273 Å². The average molecular weight is 831 g/mol. The normalized spacial score (nSPS) is 10.2. The Morgan fingerprint density at radius 3 is 1.18 bits per heavy atom. The fraction of sp³-hybridized carbons (Fsp3) is 0.929. The van der Waals surface area contributed by atoms with Crippen molar-refractivity contribution >= 4 is 93.3 Å². The third kappa shape index (κ3) is 66.2. The van der Waals surface area contributed by atoms with Gasteiger partial charge in [0.15, 0.2) is 0 Å². The Morgan fingerprint density at radius 1 is 0.632 bits per heavy atom. The Morgan fingerprint density at radius 2 is 0.974 bits per heavy atom. The molecule has 38 heavy (non-hydrogen) atoms. The second kappa shape index (κ2) is 43.3. The van der Waals surface area contributed by atoms with Crippen molar-refractivity contribution in [1.29, 1.82) is 0 Å². The summed E-state index contributed by atoms with van der Waals surface area (Å²) in [4.78, 5) is 20.3. The first-order valence-electron chi connectivity index (χ1n) is 14.3. The summed E-state index contributed by atoms with van der Waals surface area (Å²) in [7, 11) is 11.1. The molecule has 0 aliphatic carbocycles. The van der Waals surface area contributed by atoms with E-state index in [0.717, 1.165) is 36.2 Å². The Balaban J connectivity index is -0.000000216. The van der Waals surface area contributed by atoms with Gasteiger partial charge in [0, 0.05) is 0 Å². The number of aliphatic carboxylic acids is 2. The van der Waals surface area contributed by atoms with Crippen molar-refractivity contribution in [3.8, 4) is 0 Å². The van der Waals surface area contributed by atoms with Crippen molar-refractivity contribution < 1.29 is 19.8 Å². The van der Waals surface area contributed by atoms with Crippen molar-refractivity contribution in [2.24, 2.45) is 11.8 Å². The van der Waals surface area contributed by atoms with Gasteiger partial charge in [0.2, 0.25) is 0 Å². The molecular weight excluding hydrogens is 773 g/mol. The first kappa shape index (κ1) is 46.8. The summed E-state index contributed by atoms with van der Waals surface area (Å²) in [6, 6.07) is 0. The molecule has 2 N–H and O–H groups in total. The third-order valence-corrected chi connectivity index (χ3v) is 12.5. The summed E-state index contributed by atoms with van der Waals surface area (Å²) in [5.41, 5.74) is 0. The van der Waals surface area contributed by atoms with E-state index in [1.807, 2.05) is 0 Å². The molecule has 0 bridgehead atoms. The Kier molecular flexibility index (Phi) is 53.3. The number of hydrogen-bond acceptors (Lipinski definition) is 4. The molecule has 4 radical (unpaired) electrons. The van der Waals surface area contributed by atoms with Crippen molar-refractivity contribution in [2.45, 2.75) is 127 Å². The van der Waals surface area contributed by atoms with Crippen LogP contribution in [0, 0.1) is 11.8 Å². The number of carboxylic acids is 2. The van der Waals surface area contributed by atoms with E-state index in [1.54, 1.807) is 0 Å². The fourth-order valence-electron chi connectivity index (χ4n) is 2.67. The van der Waals surface area contributed by atoms with Crippen molar-refractivity contribution in [1.82, 2.24) is 0 Å². The summed E-state index contributed by atoms with van der Waals surface area (Å²) in [6.45, 7) is 13.3. The minimum atomic E-state index is -0.702. The number of unbranched alkanes of at least 4 members (excludes halogenated alkanes) is 6. The van der Waals surface area contributed by atoms with Gasteiger partial charge in [-0.15, -0.1) is 0 Å². The van der Waals surface area contributed by atoms with Crippen LogP contribution in [0.25, 0.3) is 0 Å². The van der Waals surface area contributed by atoms with E-state index >= 15 is 0 Å². The molecule has 10 heteroatoms. The van der Waals surface area contributed by atoms with Crippen LogP contribution in [0.1, 0.15) is 119 Å². The molecule has 0 aromatic heterocycles. The monoisotopic (exact) mass is 832 g/mol. The molecule has 0 atom stereocenters. The predicted molar refractivity (Wildman–Crippen MR) is 179 cm³/mol.